The van der Waals surface area contributed by atoms with Crippen LogP contribution in [0.3, 0.4) is 0 Å². The summed E-state index contributed by atoms with van der Waals surface area (Å²) in [7, 11) is 2.16. The predicted octanol–water partition coefficient (Wildman–Crippen LogP) is 2.13. The Morgan fingerprint density at radius 2 is 2.18 bits per heavy atom. The number of anilines is 1. The van der Waals surface area contributed by atoms with Crippen molar-refractivity contribution >= 4 is 16.3 Å². The highest BCUT2D eigenvalue weighted by molar-refractivity contribution is 7.14. The van der Waals surface area contributed by atoms with Crippen molar-refractivity contribution in [3.05, 3.63) is 17.0 Å². The van der Waals surface area contributed by atoms with Crippen LogP contribution >= 0.6 is 11.3 Å². The molecule has 1 aromatic rings. The Kier molecular flexibility index (Phi) is 3.76. The predicted molar refractivity (Wildman–Crippen MR) is 73.7 cm³/mol. The molecule has 2 rings (SSSR count). The average Bonchev–Trinajstić information content (AvgIpc) is 2.76. The Bertz CT molecular complexity index is 369. The highest BCUT2D eigenvalue weighted by atomic mass is 32.1. The smallest absolute Gasteiger partial charge is 0.0938 e. The van der Waals surface area contributed by atoms with E-state index < -0.39 is 5.60 Å². The molecule has 0 atom stereocenters. The topological polar surface area (TPSA) is 49.5 Å². The Morgan fingerprint density at radius 1 is 1.53 bits per heavy atom. The van der Waals surface area contributed by atoms with E-state index in [4.69, 9.17) is 5.73 Å². The van der Waals surface area contributed by atoms with Gasteiger partial charge in [0.15, 0.2) is 0 Å². The zero-order valence-electron chi connectivity index (χ0n) is 10.6. The first kappa shape index (κ1) is 12.9. The molecular formula is C13H22N2OS. The number of aryl methyl sites for hydroxylation is 1. The fourth-order valence-electron chi connectivity index (χ4n) is 2.62. The maximum absolute atomic E-state index is 10.1. The van der Waals surface area contributed by atoms with E-state index in [1.807, 2.05) is 0 Å². The normalized spacial score (nSPS) is 29.3. The van der Waals surface area contributed by atoms with Gasteiger partial charge in [-0.15, -0.1) is 11.3 Å². The second kappa shape index (κ2) is 4.96. The molecule has 1 aromatic heterocycles. The first-order chi connectivity index (χ1) is 8.06. The van der Waals surface area contributed by atoms with Crippen LogP contribution in [0.15, 0.2) is 11.4 Å². The highest BCUT2D eigenvalue weighted by Gasteiger charge is 2.33. The number of thiophene rings is 1. The second-order valence-electron chi connectivity index (χ2n) is 5.18. The van der Waals surface area contributed by atoms with Gasteiger partial charge in [-0.3, -0.25) is 0 Å². The molecule has 96 valence electrons. The maximum atomic E-state index is 10.1. The van der Waals surface area contributed by atoms with Crippen LogP contribution in [0.25, 0.3) is 0 Å². The summed E-state index contributed by atoms with van der Waals surface area (Å²) in [5.74, 6) is 0. The summed E-state index contributed by atoms with van der Waals surface area (Å²) >= 11 is 1.80. The van der Waals surface area contributed by atoms with Crippen LogP contribution < -0.4 is 10.6 Å². The molecule has 4 heteroatoms. The van der Waals surface area contributed by atoms with Gasteiger partial charge in [-0.2, -0.15) is 0 Å². The van der Waals surface area contributed by atoms with Gasteiger partial charge < -0.3 is 15.7 Å². The van der Waals surface area contributed by atoms with E-state index in [2.05, 4.69) is 30.3 Å². The Balaban J connectivity index is 2.00. The van der Waals surface area contributed by atoms with Crippen molar-refractivity contribution in [1.82, 2.24) is 0 Å². The second-order valence-corrected chi connectivity index (χ2v) is 6.07. The Morgan fingerprint density at radius 3 is 2.65 bits per heavy atom. The van der Waals surface area contributed by atoms with Gasteiger partial charge in [-0.25, -0.2) is 0 Å². The summed E-state index contributed by atoms with van der Waals surface area (Å²) < 4.78 is 0. The van der Waals surface area contributed by atoms with Crippen molar-refractivity contribution in [3.63, 3.8) is 0 Å². The van der Waals surface area contributed by atoms with Crippen LogP contribution in [-0.2, 0) is 0 Å². The molecule has 3 nitrogen and oxygen atoms in total. The summed E-state index contributed by atoms with van der Waals surface area (Å²) in [6, 6.07) is 2.70. The summed E-state index contributed by atoms with van der Waals surface area (Å²) in [6.07, 6.45) is 3.70. The number of hydrogen-bond donors (Lipinski definition) is 2. The van der Waals surface area contributed by atoms with Crippen LogP contribution in [0.1, 0.15) is 31.2 Å². The van der Waals surface area contributed by atoms with Crippen LogP contribution in [0.2, 0.25) is 0 Å². The molecule has 1 aliphatic rings. The molecule has 0 saturated heterocycles. The zero-order chi connectivity index (χ0) is 12.5. The third kappa shape index (κ3) is 2.64. The minimum atomic E-state index is -0.609. The minimum absolute atomic E-state index is 0.390. The van der Waals surface area contributed by atoms with Gasteiger partial charge in [0.1, 0.15) is 0 Å². The SMILES string of the molecule is Cc1ccsc1N(C)C1CCC(O)(CN)CC1. The van der Waals surface area contributed by atoms with Gasteiger partial charge in [0, 0.05) is 19.6 Å². The van der Waals surface area contributed by atoms with Gasteiger partial charge in [-0.1, -0.05) is 0 Å². The average molecular weight is 254 g/mol. The zero-order valence-corrected chi connectivity index (χ0v) is 11.5. The third-order valence-corrected chi connectivity index (χ3v) is 5.07. The van der Waals surface area contributed by atoms with Gasteiger partial charge in [0.05, 0.1) is 10.6 Å². The van der Waals surface area contributed by atoms with E-state index in [0.717, 1.165) is 25.7 Å². The molecule has 1 saturated carbocycles. The maximum Gasteiger partial charge on any atom is 0.0938 e. The van der Waals surface area contributed by atoms with Crippen LogP contribution in [0.4, 0.5) is 5.00 Å². The van der Waals surface area contributed by atoms with Gasteiger partial charge >= 0.3 is 0 Å². The lowest BCUT2D eigenvalue weighted by Gasteiger charge is -2.39. The fraction of sp³-hybridized carbons (Fsp3) is 0.692. The monoisotopic (exact) mass is 254 g/mol. The standard InChI is InChI=1S/C13H22N2OS/c1-10-5-8-17-12(10)15(2)11-3-6-13(16,9-14)7-4-11/h5,8,11,16H,3-4,6-7,9,14H2,1-2H3. The van der Waals surface area contributed by atoms with Gasteiger partial charge in [0.25, 0.3) is 0 Å². The van der Waals surface area contributed by atoms with E-state index >= 15 is 0 Å². The molecule has 17 heavy (non-hydrogen) atoms. The number of aliphatic hydroxyl groups is 1. The van der Waals surface area contributed by atoms with E-state index in [9.17, 15) is 5.11 Å². The molecule has 1 aliphatic carbocycles. The quantitative estimate of drug-likeness (QED) is 0.868. The third-order valence-electron chi connectivity index (χ3n) is 3.97. The summed E-state index contributed by atoms with van der Waals surface area (Å²) in [6.45, 7) is 2.54. The van der Waals surface area contributed by atoms with Crippen LogP contribution in [-0.4, -0.2) is 30.3 Å². The lowest BCUT2D eigenvalue weighted by Crippen LogP contribution is -2.46. The molecule has 3 N–H and O–H groups in total. The van der Waals surface area contributed by atoms with E-state index in [0.29, 0.717) is 12.6 Å². The molecule has 0 unspecified atom stereocenters. The van der Waals surface area contributed by atoms with Gasteiger partial charge in [-0.05, 0) is 49.6 Å². The lowest BCUT2D eigenvalue weighted by atomic mass is 9.82. The number of rotatable bonds is 3. The van der Waals surface area contributed by atoms with Crippen molar-refractivity contribution in [2.45, 2.75) is 44.2 Å². The molecule has 0 amide bonds. The van der Waals surface area contributed by atoms with Crippen molar-refractivity contribution in [2.75, 3.05) is 18.5 Å². The lowest BCUT2D eigenvalue weighted by molar-refractivity contribution is 0.00804. The molecule has 1 fully saturated rings. The molecule has 1 heterocycles. The Labute approximate surface area is 107 Å². The largest absolute Gasteiger partial charge is 0.389 e. The van der Waals surface area contributed by atoms with Crippen molar-refractivity contribution in [2.24, 2.45) is 5.73 Å². The van der Waals surface area contributed by atoms with Crippen LogP contribution in [0, 0.1) is 6.92 Å². The van der Waals surface area contributed by atoms with E-state index in [-0.39, 0.29) is 0 Å². The summed E-state index contributed by atoms with van der Waals surface area (Å²) in [5, 5.41) is 13.6. The number of nitrogens with zero attached hydrogens (tertiary/aromatic N) is 1. The Hall–Kier alpha value is -0.580. The van der Waals surface area contributed by atoms with E-state index in [1.165, 1.54) is 10.6 Å². The van der Waals surface area contributed by atoms with Crippen LogP contribution in [0.5, 0.6) is 0 Å². The van der Waals surface area contributed by atoms with Crippen molar-refractivity contribution in [1.29, 1.82) is 0 Å². The van der Waals surface area contributed by atoms with Gasteiger partial charge in [0.2, 0.25) is 0 Å². The summed E-state index contributed by atoms with van der Waals surface area (Å²) in [4.78, 5) is 2.37. The number of nitrogens with two attached hydrogens (primary N) is 1. The van der Waals surface area contributed by atoms with Crippen molar-refractivity contribution < 1.29 is 5.11 Å². The van der Waals surface area contributed by atoms with Crippen molar-refractivity contribution in [3.8, 4) is 0 Å². The highest BCUT2D eigenvalue weighted by Crippen LogP contribution is 2.34. The first-order valence-electron chi connectivity index (χ1n) is 6.25. The minimum Gasteiger partial charge on any atom is -0.389 e. The molecule has 0 spiro atoms. The first-order valence-corrected chi connectivity index (χ1v) is 7.13. The summed E-state index contributed by atoms with van der Waals surface area (Å²) in [5.41, 5.74) is 6.35. The number of hydrogen-bond acceptors (Lipinski definition) is 4. The molecule has 0 aromatic carbocycles. The molecule has 0 aliphatic heterocycles. The van der Waals surface area contributed by atoms with E-state index in [1.54, 1.807) is 11.3 Å². The fourth-order valence-corrected chi connectivity index (χ4v) is 3.59. The molecule has 0 radical (unpaired) electrons. The molecule has 0 bridgehead atoms. The molecular weight excluding hydrogens is 232 g/mol.